The Morgan fingerprint density at radius 2 is 2.00 bits per heavy atom. The summed E-state index contributed by atoms with van der Waals surface area (Å²) in [6.45, 7) is 4.63. The average Bonchev–Trinajstić information content (AvgIpc) is 3.32. The first-order valence-electron chi connectivity index (χ1n) is 9.57. The smallest absolute Gasteiger partial charge is 0.360 e. The number of carbonyl (C=O) groups is 1. The molecule has 0 saturated carbocycles. The summed E-state index contributed by atoms with van der Waals surface area (Å²) in [5.41, 5.74) is 0.859. The van der Waals surface area contributed by atoms with Crippen LogP contribution >= 0.6 is 0 Å². The van der Waals surface area contributed by atoms with Gasteiger partial charge < -0.3 is 9.42 Å². The number of Topliss-reactive ketones (excluding diaryl/α,β-unsaturated/α-hetero) is 1. The van der Waals surface area contributed by atoms with Crippen molar-refractivity contribution in [3.63, 3.8) is 0 Å². The average molecular weight is 406 g/mol. The van der Waals surface area contributed by atoms with Crippen LogP contribution < -0.4 is 4.90 Å². The summed E-state index contributed by atoms with van der Waals surface area (Å²) in [6.07, 6.45) is 0.207. The first kappa shape index (κ1) is 19.5. The molecule has 0 amide bonds. The van der Waals surface area contributed by atoms with Crippen LogP contribution in [0.5, 0.6) is 0 Å². The normalized spacial score (nSPS) is 16.0. The van der Waals surface area contributed by atoms with Crippen molar-refractivity contribution in [1.82, 2.24) is 14.5 Å². The number of ketones is 1. The minimum atomic E-state index is -4.42. The van der Waals surface area contributed by atoms with Crippen LogP contribution in [-0.4, -0.2) is 33.4 Å². The summed E-state index contributed by atoms with van der Waals surface area (Å²) in [4.78, 5) is 18.2. The molecule has 4 heterocycles. The van der Waals surface area contributed by atoms with Gasteiger partial charge in [-0.1, -0.05) is 12.1 Å². The number of hydrogen-bond acceptors (Lipinski definition) is 5. The lowest BCUT2D eigenvalue weighted by atomic mass is 9.90. The molecule has 0 unspecified atom stereocenters. The van der Waals surface area contributed by atoms with Crippen molar-refractivity contribution in [2.24, 2.45) is 0 Å². The molecule has 1 aliphatic rings. The molecule has 3 aromatic heterocycles. The van der Waals surface area contributed by atoms with Gasteiger partial charge in [0, 0.05) is 25.4 Å². The summed E-state index contributed by atoms with van der Waals surface area (Å²) in [7, 11) is 0. The summed E-state index contributed by atoms with van der Waals surface area (Å²) >= 11 is 0. The van der Waals surface area contributed by atoms with Crippen LogP contribution in [0.15, 0.2) is 29.2 Å². The Morgan fingerprint density at radius 3 is 2.66 bits per heavy atom. The fourth-order valence-electron chi connectivity index (χ4n) is 3.97. The molecule has 0 atom stereocenters. The van der Waals surface area contributed by atoms with Crippen molar-refractivity contribution < 1.29 is 22.5 Å². The van der Waals surface area contributed by atoms with E-state index < -0.39 is 11.7 Å². The predicted octanol–water partition coefficient (Wildman–Crippen LogP) is 4.63. The van der Waals surface area contributed by atoms with Crippen molar-refractivity contribution in [1.29, 1.82) is 0 Å². The molecule has 9 heteroatoms. The maximum Gasteiger partial charge on any atom is 0.416 e. The number of hydrogen-bond donors (Lipinski definition) is 0. The third kappa shape index (κ3) is 3.49. The molecule has 1 saturated heterocycles. The number of alkyl halides is 3. The van der Waals surface area contributed by atoms with Gasteiger partial charge in [-0.25, -0.2) is 4.98 Å². The predicted molar refractivity (Wildman–Crippen MR) is 100 cm³/mol. The summed E-state index contributed by atoms with van der Waals surface area (Å²) < 4.78 is 47.1. The quantitative estimate of drug-likeness (QED) is 0.592. The van der Waals surface area contributed by atoms with E-state index in [2.05, 4.69) is 10.1 Å². The van der Waals surface area contributed by atoms with Gasteiger partial charge in [0.1, 0.15) is 12.1 Å². The minimum absolute atomic E-state index is 0.000757. The third-order valence-electron chi connectivity index (χ3n) is 5.51. The number of piperidine rings is 1. The van der Waals surface area contributed by atoms with E-state index in [1.54, 1.807) is 18.2 Å². The van der Waals surface area contributed by atoms with Crippen molar-refractivity contribution in [3.8, 4) is 0 Å². The summed E-state index contributed by atoms with van der Waals surface area (Å²) in [6, 6.07) is 2.27. The minimum Gasteiger partial charge on any atom is -0.360 e. The maximum absolute atomic E-state index is 13.3. The molecule has 0 N–H and O–H groups in total. The molecule has 0 spiro atoms. The van der Waals surface area contributed by atoms with Crippen LogP contribution in [0.4, 0.5) is 19.0 Å². The largest absolute Gasteiger partial charge is 0.416 e. The number of carbonyl (C=O) groups excluding carboxylic acids is 1. The van der Waals surface area contributed by atoms with Crippen LogP contribution in [0, 0.1) is 6.92 Å². The van der Waals surface area contributed by atoms with Crippen LogP contribution in [-0.2, 0) is 6.18 Å². The highest BCUT2D eigenvalue weighted by molar-refractivity contribution is 5.97. The molecular formula is C20H21F3N4O2. The van der Waals surface area contributed by atoms with Crippen molar-refractivity contribution in [3.05, 3.63) is 47.2 Å². The standard InChI is InChI=1S/C20H21F3N4O2/c1-3-16(28)18-12(2)25-29-19(18)13-4-6-26(7-5-13)17-9-14(20(21,22)23)8-15-10-24-11-27(15)17/h8-11,13H,3-7H2,1-2H3. The van der Waals surface area contributed by atoms with E-state index in [4.69, 9.17) is 4.52 Å². The van der Waals surface area contributed by atoms with Crippen LogP contribution in [0.25, 0.3) is 5.52 Å². The lowest BCUT2D eigenvalue weighted by molar-refractivity contribution is -0.137. The summed E-state index contributed by atoms with van der Waals surface area (Å²) in [5.74, 6) is 1.08. The van der Waals surface area contributed by atoms with E-state index in [0.717, 1.165) is 6.07 Å². The van der Waals surface area contributed by atoms with Gasteiger partial charge in [0.2, 0.25) is 0 Å². The first-order valence-corrected chi connectivity index (χ1v) is 9.57. The van der Waals surface area contributed by atoms with E-state index in [1.807, 2.05) is 4.90 Å². The Hall–Kier alpha value is -2.84. The Bertz CT molecular complexity index is 1050. The molecule has 0 aromatic carbocycles. The lowest BCUT2D eigenvalue weighted by Crippen LogP contribution is -2.34. The van der Waals surface area contributed by atoms with Crippen LogP contribution in [0.1, 0.15) is 59.5 Å². The number of fused-ring (bicyclic) bond motifs is 1. The molecule has 4 rings (SSSR count). The molecule has 3 aromatic rings. The van der Waals surface area contributed by atoms with E-state index in [0.29, 0.717) is 60.7 Å². The number of nitrogens with zero attached hydrogens (tertiary/aromatic N) is 4. The van der Waals surface area contributed by atoms with Crippen LogP contribution in [0.3, 0.4) is 0 Å². The monoisotopic (exact) mass is 406 g/mol. The Balaban J connectivity index is 1.60. The molecule has 1 fully saturated rings. The molecule has 154 valence electrons. The first-order chi connectivity index (χ1) is 13.8. The number of halogens is 3. The second kappa shape index (κ2) is 7.20. The fourth-order valence-corrected chi connectivity index (χ4v) is 3.97. The van der Waals surface area contributed by atoms with E-state index >= 15 is 0 Å². The van der Waals surface area contributed by atoms with Crippen LogP contribution in [0.2, 0.25) is 0 Å². The topological polar surface area (TPSA) is 63.6 Å². The van der Waals surface area contributed by atoms with Gasteiger partial charge in [-0.2, -0.15) is 13.2 Å². The molecule has 0 radical (unpaired) electrons. The van der Waals surface area contributed by atoms with E-state index in [9.17, 15) is 18.0 Å². The second-order valence-electron chi connectivity index (χ2n) is 7.33. The zero-order chi connectivity index (χ0) is 20.8. The molecule has 1 aliphatic heterocycles. The molecule has 6 nitrogen and oxygen atoms in total. The van der Waals surface area contributed by atoms with Gasteiger partial charge in [-0.15, -0.1) is 0 Å². The number of anilines is 1. The zero-order valence-corrected chi connectivity index (χ0v) is 16.2. The number of pyridine rings is 1. The van der Waals surface area contributed by atoms with Gasteiger partial charge in [-0.05, 0) is 31.9 Å². The number of aromatic nitrogens is 3. The number of imidazole rings is 1. The fraction of sp³-hybridized carbons (Fsp3) is 0.450. The van der Waals surface area contributed by atoms with E-state index in [1.165, 1.54) is 18.6 Å². The zero-order valence-electron chi connectivity index (χ0n) is 16.2. The highest BCUT2D eigenvalue weighted by Gasteiger charge is 2.34. The molecule has 0 aliphatic carbocycles. The van der Waals surface area contributed by atoms with Crippen molar-refractivity contribution >= 4 is 17.1 Å². The molecular weight excluding hydrogens is 385 g/mol. The van der Waals surface area contributed by atoms with Gasteiger partial charge in [0.25, 0.3) is 0 Å². The number of aryl methyl sites for hydroxylation is 1. The Kier molecular flexibility index (Phi) is 4.84. The maximum atomic E-state index is 13.3. The highest BCUT2D eigenvalue weighted by atomic mass is 19.4. The Morgan fingerprint density at radius 1 is 1.28 bits per heavy atom. The highest BCUT2D eigenvalue weighted by Crippen LogP contribution is 2.37. The molecule has 29 heavy (non-hydrogen) atoms. The third-order valence-corrected chi connectivity index (χ3v) is 5.51. The van der Waals surface area contributed by atoms with Gasteiger partial charge in [0.05, 0.1) is 28.5 Å². The van der Waals surface area contributed by atoms with E-state index in [-0.39, 0.29) is 11.7 Å². The van der Waals surface area contributed by atoms with Gasteiger partial charge >= 0.3 is 6.18 Å². The second-order valence-corrected chi connectivity index (χ2v) is 7.33. The SMILES string of the molecule is CCC(=O)c1c(C)noc1C1CCN(c2cc(C(F)(F)F)cc3cncn23)CC1. The number of rotatable bonds is 4. The summed E-state index contributed by atoms with van der Waals surface area (Å²) in [5, 5.41) is 3.96. The van der Waals surface area contributed by atoms with Crippen molar-refractivity contribution in [2.45, 2.75) is 45.2 Å². The van der Waals surface area contributed by atoms with Gasteiger partial charge in [0.15, 0.2) is 11.5 Å². The van der Waals surface area contributed by atoms with Gasteiger partial charge in [-0.3, -0.25) is 9.20 Å². The Labute approximate surface area is 165 Å². The molecule has 0 bridgehead atoms. The lowest BCUT2D eigenvalue weighted by Gasteiger charge is -2.33. The van der Waals surface area contributed by atoms with Crippen molar-refractivity contribution in [2.75, 3.05) is 18.0 Å².